The van der Waals surface area contributed by atoms with Crippen molar-refractivity contribution in [3.63, 3.8) is 0 Å². The van der Waals surface area contributed by atoms with Gasteiger partial charge in [-0.2, -0.15) is 0 Å². The first-order chi connectivity index (χ1) is 7.18. The van der Waals surface area contributed by atoms with Crippen molar-refractivity contribution >= 4 is 11.4 Å². The summed E-state index contributed by atoms with van der Waals surface area (Å²) in [6.07, 6.45) is 3.64. The number of allylic oxidation sites excluding steroid dienone is 2. The van der Waals surface area contributed by atoms with Crippen molar-refractivity contribution in [2.45, 2.75) is 19.3 Å². The van der Waals surface area contributed by atoms with E-state index in [9.17, 15) is 13.6 Å². The van der Waals surface area contributed by atoms with Crippen LogP contribution in [-0.4, -0.2) is 5.78 Å². The number of carbonyl (C=O) groups is 1. The van der Waals surface area contributed by atoms with Crippen molar-refractivity contribution in [1.82, 2.24) is 0 Å². The minimum atomic E-state index is -0.544. The molecule has 0 radical (unpaired) electrons. The van der Waals surface area contributed by atoms with Gasteiger partial charge in [0.15, 0.2) is 5.78 Å². The van der Waals surface area contributed by atoms with E-state index in [4.69, 9.17) is 0 Å². The molecule has 0 saturated carbocycles. The average Bonchev–Trinajstić information content (AvgIpc) is 2.23. The van der Waals surface area contributed by atoms with Gasteiger partial charge in [-0.05, 0) is 31.0 Å². The number of benzene rings is 1. The third-order valence-corrected chi connectivity index (χ3v) is 2.48. The maximum absolute atomic E-state index is 13.4. The monoisotopic (exact) mass is 208 g/mol. The highest BCUT2D eigenvalue weighted by molar-refractivity contribution is 6.21. The van der Waals surface area contributed by atoms with Gasteiger partial charge >= 0.3 is 0 Å². The van der Waals surface area contributed by atoms with Crippen molar-refractivity contribution in [3.8, 4) is 0 Å². The van der Waals surface area contributed by atoms with Crippen LogP contribution in [0.15, 0.2) is 24.3 Å². The quantitative estimate of drug-likeness (QED) is 0.693. The lowest BCUT2D eigenvalue weighted by Crippen LogP contribution is -2.07. The van der Waals surface area contributed by atoms with Crippen molar-refractivity contribution in [2.75, 3.05) is 0 Å². The summed E-state index contributed by atoms with van der Waals surface area (Å²) in [6, 6.07) is 3.17. The summed E-state index contributed by atoms with van der Waals surface area (Å²) in [6.45, 7) is 0. The summed E-state index contributed by atoms with van der Waals surface area (Å²) < 4.78 is 26.3. The number of rotatable bonds is 1. The number of Topliss-reactive ketones (excluding diaryl/α,β-unsaturated/α-hetero) is 1. The predicted molar refractivity (Wildman–Crippen MR) is 53.2 cm³/mol. The van der Waals surface area contributed by atoms with E-state index in [1.165, 1.54) is 0 Å². The largest absolute Gasteiger partial charge is 0.294 e. The van der Waals surface area contributed by atoms with Crippen molar-refractivity contribution in [2.24, 2.45) is 0 Å². The summed E-state index contributed by atoms with van der Waals surface area (Å²) >= 11 is 0. The summed E-state index contributed by atoms with van der Waals surface area (Å²) in [4.78, 5) is 11.5. The molecule has 0 saturated heterocycles. The molecular formula is C12H10F2O. The summed E-state index contributed by atoms with van der Waals surface area (Å²) in [7, 11) is 0. The second kappa shape index (κ2) is 3.93. The lowest BCUT2D eigenvalue weighted by atomic mass is 9.92. The third kappa shape index (κ3) is 1.96. The highest BCUT2D eigenvalue weighted by atomic mass is 19.1. The molecule has 0 bridgehead atoms. The van der Waals surface area contributed by atoms with Crippen LogP contribution in [0.25, 0.3) is 5.57 Å². The lowest BCUT2D eigenvalue weighted by molar-refractivity contribution is -0.114. The SMILES string of the molecule is O=C1CCCC=C1c1cc(F)ccc1F. The fourth-order valence-electron chi connectivity index (χ4n) is 1.72. The number of ketones is 1. The molecular weight excluding hydrogens is 198 g/mol. The Balaban J connectivity index is 2.48. The van der Waals surface area contributed by atoms with Crippen LogP contribution in [0, 0.1) is 11.6 Å². The Morgan fingerprint density at radius 3 is 2.73 bits per heavy atom. The topological polar surface area (TPSA) is 17.1 Å². The van der Waals surface area contributed by atoms with Crippen LogP contribution in [0.3, 0.4) is 0 Å². The van der Waals surface area contributed by atoms with Crippen LogP contribution < -0.4 is 0 Å². The van der Waals surface area contributed by atoms with E-state index in [2.05, 4.69) is 0 Å². The van der Waals surface area contributed by atoms with Crippen LogP contribution in [0.5, 0.6) is 0 Å². The Labute approximate surface area is 86.4 Å². The molecule has 15 heavy (non-hydrogen) atoms. The van der Waals surface area contributed by atoms with E-state index in [0.29, 0.717) is 12.0 Å². The molecule has 1 nitrogen and oxygen atoms in total. The van der Waals surface area contributed by atoms with E-state index in [1.807, 2.05) is 0 Å². The first-order valence-electron chi connectivity index (χ1n) is 4.87. The molecule has 1 aromatic rings. The van der Waals surface area contributed by atoms with E-state index in [1.54, 1.807) is 6.08 Å². The van der Waals surface area contributed by atoms with Gasteiger partial charge in [0.1, 0.15) is 11.6 Å². The van der Waals surface area contributed by atoms with Gasteiger partial charge in [-0.15, -0.1) is 0 Å². The molecule has 78 valence electrons. The number of hydrogen-bond acceptors (Lipinski definition) is 1. The Hall–Kier alpha value is -1.51. The van der Waals surface area contributed by atoms with Gasteiger partial charge < -0.3 is 0 Å². The predicted octanol–water partition coefficient (Wildman–Crippen LogP) is 3.10. The van der Waals surface area contributed by atoms with E-state index in [0.717, 1.165) is 31.0 Å². The van der Waals surface area contributed by atoms with E-state index < -0.39 is 11.6 Å². The zero-order valence-electron chi connectivity index (χ0n) is 8.09. The van der Waals surface area contributed by atoms with Gasteiger partial charge in [0.05, 0.1) is 0 Å². The maximum atomic E-state index is 13.4. The fraction of sp³-hybridized carbons (Fsp3) is 0.250. The minimum absolute atomic E-state index is 0.0831. The minimum Gasteiger partial charge on any atom is -0.294 e. The summed E-state index contributed by atoms with van der Waals surface area (Å²) in [5, 5.41) is 0. The summed E-state index contributed by atoms with van der Waals surface area (Å²) in [5.41, 5.74) is 0.401. The Bertz CT molecular complexity index is 435. The number of halogens is 2. The molecule has 0 N–H and O–H groups in total. The number of hydrogen-bond donors (Lipinski definition) is 0. The van der Waals surface area contributed by atoms with Crippen LogP contribution in [0.1, 0.15) is 24.8 Å². The van der Waals surface area contributed by atoms with Crippen molar-refractivity contribution in [3.05, 3.63) is 41.5 Å². The maximum Gasteiger partial charge on any atom is 0.163 e. The van der Waals surface area contributed by atoms with Gasteiger partial charge in [0.25, 0.3) is 0 Å². The third-order valence-electron chi connectivity index (χ3n) is 2.48. The molecule has 0 spiro atoms. The smallest absolute Gasteiger partial charge is 0.163 e. The highest BCUT2D eigenvalue weighted by Gasteiger charge is 2.18. The van der Waals surface area contributed by atoms with Gasteiger partial charge in [-0.25, -0.2) is 8.78 Å². The van der Waals surface area contributed by atoms with Gasteiger partial charge in [0.2, 0.25) is 0 Å². The molecule has 0 heterocycles. The van der Waals surface area contributed by atoms with Crippen LogP contribution >= 0.6 is 0 Å². The van der Waals surface area contributed by atoms with E-state index in [-0.39, 0.29) is 11.3 Å². The Kier molecular flexibility index (Phi) is 2.62. The molecule has 0 amide bonds. The second-order valence-electron chi connectivity index (χ2n) is 3.56. The first-order valence-corrected chi connectivity index (χ1v) is 4.87. The molecule has 2 rings (SSSR count). The molecule has 3 heteroatoms. The molecule has 1 aliphatic rings. The van der Waals surface area contributed by atoms with Crippen LogP contribution in [-0.2, 0) is 4.79 Å². The molecule has 0 unspecified atom stereocenters. The molecule has 0 aromatic heterocycles. The average molecular weight is 208 g/mol. The Morgan fingerprint density at radius 1 is 1.20 bits per heavy atom. The molecule has 0 atom stereocenters. The molecule has 0 fully saturated rings. The first kappa shape index (κ1) is 10.0. The Morgan fingerprint density at radius 2 is 2.00 bits per heavy atom. The molecule has 1 aliphatic carbocycles. The number of carbonyl (C=O) groups excluding carboxylic acids is 1. The summed E-state index contributed by atoms with van der Waals surface area (Å²) in [5.74, 6) is -1.17. The van der Waals surface area contributed by atoms with Gasteiger partial charge in [0, 0.05) is 17.6 Å². The second-order valence-corrected chi connectivity index (χ2v) is 3.56. The van der Waals surface area contributed by atoms with E-state index >= 15 is 0 Å². The van der Waals surface area contributed by atoms with Gasteiger partial charge in [-0.1, -0.05) is 6.08 Å². The van der Waals surface area contributed by atoms with Crippen LogP contribution in [0.2, 0.25) is 0 Å². The zero-order chi connectivity index (χ0) is 10.8. The van der Waals surface area contributed by atoms with Crippen molar-refractivity contribution in [1.29, 1.82) is 0 Å². The fourth-order valence-corrected chi connectivity index (χ4v) is 1.72. The molecule has 1 aromatic carbocycles. The van der Waals surface area contributed by atoms with Crippen molar-refractivity contribution < 1.29 is 13.6 Å². The van der Waals surface area contributed by atoms with Gasteiger partial charge in [-0.3, -0.25) is 4.79 Å². The normalized spacial score (nSPS) is 16.4. The zero-order valence-corrected chi connectivity index (χ0v) is 8.09. The highest BCUT2D eigenvalue weighted by Crippen LogP contribution is 2.26. The van der Waals surface area contributed by atoms with Crippen LogP contribution in [0.4, 0.5) is 8.78 Å². The lowest BCUT2D eigenvalue weighted by Gasteiger charge is -2.12. The molecule has 0 aliphatic heterocycles. The standard InChI is InChI=1S/C12H10F2O/c13-8-5-6-11(14)10(7-8)9-3-1-2-4-12(9)15/h3,5-7H,1-2,4H2.